The Morgan fingerprint density at radius 1 is 1.13 bits per heavy atom. The smallest absolute Gasteiger partial charge is 0.327 e. The Morgan fingerprint density at radius 2 is 1.79 bits per heavy atom. The van der Waals surface area contributed by atoms with Gasteiger partial charge in [0.1, 0.15) is 29.7 Å². The summed E-state index contributed by atoms with van der Waals surface area (Å²) in [5, 5.41) is 26.7. The minimum atomic E-state index is -1.20. The molecule has 4 N–H and O–H groups in total. The quantitative estimate of drug-likeness (QED) is 0.212. The Kier molecular flexibility index (Phi) is 7.68. The molecular formula is C26H24N6O6S. The SMILES string of the molecule is CC1(C)S[C@@H]2C(NC(=O)C(NC(=O)/C=N/NC(=O)c3ccc(C#N)cc3)c3ccccc3)C(=O)N2[C@H]1C(=O)O. The van der Waals surface area contributed by atoms with Crippen molar-refractivity contribution in [1.82, 2.24) is 21.0 Å². The molecule has 0 saturated carbocycles. The lowest BCUT2D eigenvalue weighted by molar-refractivity contribution is -0.161. The van der Waals surface area contributed by atoms with Crippen LogP contribution >= 0.6 is 11.8 Å². The maximum Gasteiger partial charge on any atom is 0.327 e. The Balaban J connectivity index is 1.42. The van der Waals surface area contributed by atoms with Gasteiger partial charge in [0.2, 0.25) is 11.8 Å². The van der Waals surface area contributed by atoms with Gasteiger partial charge in [0.05, 0.1) is 11.6 Å². The number of nitrogens with zero attached hydrogens (tertiary/aromatic N) is 3. The topological polar surface area (TPSA) is 181 Å². The number of carbonyl (C=O) groups excluding carboxylic acids is 4. The molecule has 2 aromatic carbocycles. The van der Waals surface area contributed by atoms with Crippen molar-refractivity contribution in [1.29, 1.82) is 5.26 Å². The highest BCUT2D eigenvalue weighted by atomic mass is 32.2. The fourth-order valence-electron chi connectivity index (χ4n) is 4.42. The van der Waals surface area contributed by atoms with Crippen LogP contribution in [0.25, 0.3) is 0 Å². The second-order valence-corrected chi connectivity index (χ2v) is 11.1. The van der Waals surface area contributed by atoms with Crippen molar-refractivity contribution in [2.75, 3.05) is 0 Å². The maximum absolute atomic E-state index is 13.3. The number of β-lactam (4-membered cyclic amide) rings is 1. The number of nitrogens with one attached hydrogen (secondary N) is 3. The number of aliphatic carboxylic acids is 1. The molecule has 2 unspecified atom stereocenters. The molecule has 12 nitrogen and oxygen atoms in total. The highest BCUT2D eigenvalue weighted by Gasteiger charge is 2.64. The summed E-state index contributed by atoms with van der Waals surface area (Å²) >= 11 is 1.29. The van der Waals surface area contributed by atoms with Gasteiger partial charge in [-0.15, -0.1) is 11.8 Å². The minimum absolute atomic E-state index is 0.227. The lowest BCUT2D eigenvalue weighted by Gasteiger charge is -2.44. The summed E-state index contributed by atoms with van der Waals surface area (Å²) in [4.78, 5) is 63.8. The average Bonchev–Trinajstić information content (AvgIpc) is 3.18. The first-order valence-electron chi connectivity index (χ1n) is 11.8. The summed E-state index contributed by atoms with van der Waals surface area (Å²) in [5.74, 6) is -3.69. The third-order valence-corrected chi connectivity index (χ3v) is 7.85. The zero-order valence-corrected chi connectivity index (χ0v) is 21.6. The van der Waals surface area contributed by atoms with Crippen LogP contribution in [0.5, 0.6) is 0 Å². The van der Waals surface area contributed by atoms with E-state index in [9.17, 15) is 29.1 Å². The van der Waals surface area contributed by atoms with Crippen LogP contribution < -0.4 is 16.1 Å². The number of carbonyl (C=O) groups is 5. The summed E-state index contributed by atoms with van der Waals surface area (Å²) in [6.07, 6.45) is 0.799. The molecule has 4 atom stereocenters. The number of hydrazone groups is 1. The van der Waals surface area contributed by atoms with Crippen LogP contribution in [0, 0.1) is 11.3 Å². The average molecular weight is 549 g/mol. The molecule has 2 aliphatic rings. The van der Waals surface area contributed by atoms with E-state index in [0.717, 1.165) is 6.21 Å². The molecule has 0 aromatic heterocycles. The highest BCUT2D eigenvalue weighted by Crippen LogP contribution is 2.50. The number of nitriles is 1. The molecule has 0 spiro atoms. The van der Waals surface area contributed by atoms with E-state index in [0.29, 0.717) is 11.1 Å². The van der Waals surface area contributed by atoms with Crippen LogP contribution in [0.2, 0.25) is 0 Å². The van der Waals surface area contributed by atoms with Crippen LogP contribution in [-0.2, 0) is 19.2 Å². The molecule has 39 heavy (non-hydrogen) atoms. The van der Waals surface area contributed by atoms with Crippen LogP contribution in [0.15, 0.2) is 59.7 Å². The van der Waals surface area contributed by atoms with E-state index < -0.39 is 57.8 Å². The van der Waals surface area contributed by atoms with Crippen molar-refractivity contribution < 1.29 is 29.1 Å². The van der Waals surface area contributed by atoms with Crippen molar-refractivity contribution in [3.05, 3.63) is 71.3 Å². The molecule has 2 heterocycles. The van der Waals surface area contributed by atoms with Gasteiger partial charge in [-0.25, -0.2) is 10.2 Å². The van der Waals surface area contributed by atoms with E-state index >= 15 is 0 Å². The summed E-state index contributed by atoms with van der Waals surface area (Å²) < 4.78 is -0.753. The van der Waals surface area contributed by atoms with Gasteiger partial charge in [-0.3, -0.25) is 19.2 Å². The van der Waals surface area contributed by atoms with Crippen molar-refractivity contribution in [3.8, 4) is 6.07 Å². The van der Waals surface area contributed by atoms with Gasteiger partial charge < -0.3 is 20.6 Å². The minimum Gasteiger partial charge on any atom is -0.480 e. The fourth-order valence-corrected chi connectivity index (χ4v) is 6.04. The van der Waals surface area contributed by atoms with Gasteiger partial charge in [0.25, 0.3) is 11.8 Å². The lowest BCUT2D eigenvalue weighted by Crippen LogP contribution is -2.71. The summed E-state index contributed by atoms with van der Waals surface area (Å²) in [5.41, 5.74) is 3.24. The van der Waals surface area contributed by atoms with Gasteiger partial charge in [-0.1, -0.05) is 30.3 Å². The Morgan fingerprint density at radius 3 is 2.41 bits per heavy atom. The van der Waals surface area contributed by atoms with Crippen molar-refractivity contribution in [2.24, 2.45) is 5.10 Å². The third kappa shape index (κ3) is 5.60. The monoisotopic (exact) mass is 548 g/mol. The molecule has 0 aliphatic carbocycles. The van der Waals surface area contributed by atoms with Crippen molar-refractivity contribution >= 4 is 47.6 Å². The number of carboxylic acid groups (broad SMARTS) is 1. The first kappa shape index (κ1) is 27.3. The summed E-state index contributed by atoms with van der Waals surface area (Å²) in [6.45, 7) is 3.46. The number of carboxylic acids is 1. The predicted octanol–water partition coefficient (Wildman–Crippen LogP) is 0.763. The highest BCUT2D eigenvalue weighted by molar-refractivity contribution is 8.01. The molecule has 0 radical (unpaired) electrons. The molecule has 0 bridgehead atoms. The zero-order valence-electron chi connectivity index (χ0n) is 20.8. The van der Waals surface area contributed by atoms with Gasteiger partial charge in [-0.05, 0) is 43.7 Å². The molecule has 4 rings (SSSR count). The van der Waals surface area contributed by atoms with E-state index in [1.807, 2.05) is 6.07 Å². The van der Waals surface area contributed by atoms with E-state index in [2.05, 4.69) is 21.2 Å². The summed E-state index contributed by atoms with van der Waals surface area (Å²) in [7, 11) is 0. The molecule has 2 fully saturated rings. The number of hydrogen-bond acceptors (Lipinski definition) is 8. The second-order valence-electron chi connectivity index (χ2n) is 9.32. The Bertz CT molecular complexity index is 1390. The Labute approximate surface area is 227 Å². The van der Waals surface area contributed by atoms with Gasteiger partial charge in [-0.2, -0.15) is 10.4 Å². The zero-order chi connectivity index (χ0) is 28.3. The molecule has 13 heteroatoms. The third-order valence-electron chi connectivity index (χ3n) is 6.28. The van der Waals surface area contributed by atoms with E-state index in [-0.39, 0.29) is 5.56 Å². The predicted molar refractivity (Wildman–Crippen MR) is 140 cm³/mol. The number of amides is 4. The van der Waals surface area contributed by atoms with Crippen LogP contribution in [0.1, 0.15) is 41.4 Å². The van der Waals surface area contributed by atoms with Gasteiger partial charge in [0, 0.05) is 10.3 Å². The molecule has 2 aromatic rings. The molecule has 4 amide bonds. The second kappa shape index (κ2) is 11.0. The summed E-state index contributed by atoms with van der Waals surface area (Å²) in [6, 6.07) is 12.9. The number of benzene rings is 2. The lowest BCUT2D eigenvalue weighted by atomic mass is 9.95. The maximum atomic E-state index is 13.3. The van der Waals surface area contributed by atoms with Crippen LogP contribution in [0.3, 0.4) is 0 Å². The Hall–Kier alpha value is -4.70. The number of thioether (sulfide) groups is 1. The normalized spacial score (nSPS) is 21.7. The molecule has 2 saturated heterocycles. The molecular weight excluding hydrogens is 524 g/mol. The first-order valence-corrected chi connectivity index (χ1v) is 12.6. The van der Waals surface area contributed by atoms with E-state index in [4.69, 9.17) is 5.26 Å². The number of fused-ring (bicyclic) bond motifs is 1. The standard InChI is InChI=1S/C26H24N6O6S/c1-26(2)20(25(37)38)32-23(36)19(24(32)39-26)30-22(35)18(15-6-4-3-5-7-15)29-17(33)13-28-31-21(34)16-10-8-14(12-27)9-11-16/h3-11,13,18-20,24H,1-2H3,(H,29,33)(H,30,35)(H,31,34)(H,37,38)/b28-13+/t18?,19?,20-,24+/m0/s1. The number of rotatable bonds is 8. The number of hydrogen-bond donors (Lipinski definition) is 4. The first-order chi connectivity index (χ1) is 18.5. The van der Waals surface area contributed by atoms with Gasteiger partial charge >= 0.3 is 5.97 Å². The molecule has 200 valence electrons. The van der Waals surface area contributed by atoms with E-state index in [1.54, 1.807) is 44.2 Å². The van der Waals surface area contributed by atoms with Gasteiger partial charge in [0.15, 0.2) is 0 Å². The van der Waals surface area contributed by atoms with Crippen molar-refractivity contribution in [2.45, 2.75) is 42.1 Å². The van der Waals surface area contributed by atoms with Crippen molar-refractivity contribution in [3.63, 3.8) is 0 Å². The van der Waals surface area contributed by atoms with Crippen LogP contribution in [-0.4, -0.2) is 68.0 Å². The van der Waals surface area contributed by atoms with E-state index in [1.165, 1.54) is 40.9 Å². The fraction of sp³-hybridized carbons (Fsp3) is 0.269. The largest absolute Gasteiger partial charge is 0.480 e. The molecule has 2 aliphatic heterocycles. The van der Waals surface area contributed by atoms with Crippen LogP contribution in [0.4, 0.5) is 0 Å².